The molecule has 2 aromatic rings. The molecule has 0 unspecified atom stereocenters. The fraction of sp³-hybridized carbons (Fsp3) is 0.625. The van der Waals surface area contributed by atoms with Crippen LogP contribution in [0.5, 0.6) is 5.75 Å². The highest BCUT2D eigenvalue weighted by Crippen LogP contribution is 2.29. The van der Waals surface area contributed by atoms with Crippen LogP contribution in [0.25, 0.3) is 0 Å². The van der Waals surface area contributed by atoms with Gasteiger partial charge in [0.1, 0.15) is 17.5 Å². The van der Waals surface area contributed by atoms with E-state index in [1.165, 1.54) is 25.7 Å². The van der Waals surface area contributed by atoms with Crippen molar-refractivity contribution in [1.82, 2.24) is 24.8 Å². The SMILES string of the molecule is COc1ccc([C@@H]2Cn3nnc(CN4CCN(C(=O)CC5CCCC5)CC4)c3CO2)cc1. The Labute approximate surface area is 189 Å². The quantitative estimate of drug-likeness (QED) is 0.689. The van der Waals surface area contributed by atoms with Crippen LogP contribution in [0.3, 0.4) is 0 Å². The Hall–Kier alpha value is -2.45. The molecule has 1 aromatic carbocycles. The number of rotatable bonds is 6. The number of piperazine rings is 1. The van der Waals surface area contributed by atoms with Crippen molar-refractivity contribution in [3.05, 3.63) is 41.2 Å². The molecule has 1 amide bonds. The molecule has 3 aliphatic rings. The second-order valence-corrected chi connectivity index (χ2v) is 9.25. The van der Waals surface area contributed by atoms with Crippen LogP contribution in [0, 0.1) is 5.92 Å². The number of nitrogens with zero attached hydrogens (tertiary/aromatic N) is 5. The van der Waals surface area contributed by atoms with E-state index in [1.807, 2.05) is 28.9 Å². The monoisotopic (exact) mass is 439 g/mol. The first-order chi connectivity index (χ1) is 15.7. The van der Waals surface area contributed by atoms with Gasteiger partial charge in [-0.3, -0.25) is 9.69 Å². The first-order valence-corrected chi connectivity index (χ1v) is 11.9. The minimum Gasteiger partial charge on any atom is -0.497 e. The molecule has 8 heteroatoms. The fourth-order valence-corrected chi connectivity index (χ4v) is 5.16. The zero-order valence-corrected chi connectivity index (χ0v) is 18.9. The molecule has 2 fully saturated rings. The van der Waals surface area contributed by atoms with Gasteiger partial charge in [-0.25, -0.2) is 4.68 Å². The summed E-state index contributed by atoms with van der Waals surface area (Å²) in [5.41, 5.74) is 3.17. The molecule has 0 N–H and O–H groups in total. The fourth-order valence-electron chi connectivity index (χ4n) is 5.16. The van der Waals surface area contributed by atoms with Gasteiger partial charge in [-0.1, -0.05) is 30.2 Å². The third kappa shape index (κ3) is 4.66. The van der Waals surface area contributed by atoms with E-state index in [0.717, 1.165) is 61.8 Å². The molecule has 5 rings (SSSR count). The highest BCUT2D eigenvalue weighted by Gasteiger charge is 2.28. The van der Waals surface area contributed by atoms with Crippen LogP contribution < -0.4 is 4.74 Å². The van der Waals surface area contributed by atoms with Crippen molar-refractivity contribution in [2.24, 2.45) is 5.92 Å². The average molecular weight is 440 g/mol. The van der Waals surface area contributed by atoms with E-state index < -0.39 is 0 Å². The van der Waals surface area contributed by atoms with E-state index in [2.05, 4.69) is 20.1 Å². The zero-order valence-electron chi connectivity index (χ0n) is 18.9. The number of ether oxygens (including phenoxy) is 2. The second-order valence-electron chi connectivity index (χ2n) is 9.25. The zero-order chi connectivity index (χ0) is 21.9. The standard InChI is InChI=1S/C24H33N5O3/c1-31-20-8-6-19(7-9-20)23-16-29-22(17-32-23)21(25-26-29)15-27-10-12-28(13-11-27)24(30)14-18-4-2-3-5-18/h6-9,18,23H,2-5,10-17H2,1H3/t23-/m0/s1. The minimum absolute atomic E-state index is 0.0302. The number of methoxy groups -OCH3 is 1. The molecular weight excluding hydrogens is 406 g/mol. The van der Waals surface area contributed by atoms with E-state index in [1.54, 1.807) is 7.11 Å². The lowest BCUT2D eigenvalue weighted by Crippen LogP contribution is -2.48. The Bertz CT molecular complexity index is 914. The van der Waals surface area contributed by atoms with E-state index in [0.29, 0.717) is 25.0 Å². The van der Waals surface area contributed by atoms with Crippen LogP contribution in [0.2, 0.25) is 0 Å². The smallest absolute Gasteiger partial charge is 0.222 e. The van der Waals surface area contributed by atoms with E-state index in [4.69, 9.17) is 9.47 Å². The lowest BCUT2D eigenvalue weighted by molar-refractivity contribution is -0.134. The first-order valence-electron chi connectivity index (χ1n) is 11.9. The molecule has 0 spiro atoms. The van der Waals surface area contributed by atoms with Gasteiger partial charge >= 0.3 is 0 Å². The molecule has 0 bridgehead atoms. The van der Waals surface area contributed by atoms with Gasteiger partial charge in [0.05, 0.1) is 26.0 Å². The summed E-state index contributed by atoms with van der Waals surface area (Å²) in [6.07, 6.45) is 5.75. The molecule has 2 aliphatic heterocycles. The Morgan fingerprint density at radius 3 is 2.59 bits per heavy atom. The maximum Gasteiger partial charge on any atom is 0.222 e. The number of carbonyl (C=O) groups excluding carboxylic acids is 1. The van der Waals surface area contributed by atoms with Crippen LogP contribution in [0.15, 0.2) is 24.3 Å². The van der Waals surface area contributed by atoms with Crippen molar-refractivity contribution < 1.29 is 14.3 Å². The second kappa shape index (κ2) is 9.58. The molecular formula is C24H33N5O3. The van der Waals surface area contributed by atoms with Gasteiger partial charge in [0.15, 0.2) is 0 Å². The molecule has 32 heavy (non-hydrogen) atoms. The predicted molar refractivity (Wildman–Crippen MR) is 119 cm³/mol. The number of amides is 1. The van der Waals surface area contributed by atoms with Crippen molar-refractivity contribution in [1.29, 1.82) is 0 Å². The topological polar surface area (TPSA) is 72.7 Å². The summed E-state index contributed by atoms with van der Waals surface area (Å²) >= 11 is 0. The molecule has 3 heterocycles. The summed E-state index contributed by atoms with van der Waals surface area (Å²) in [5.74, 6) is 1.80. The number of hydrogen-bond donors (Lipinski definition) is 0. The van der Waals surface area contributed by atoms with Gasteiger partial charge in [0, 0.05) is 39.1 Å². The number of benzene rings is 1. The molecule has 1 atom stereocenters. The summed E-state index contributed by atoms with van der Waals surface area (Å²) in [5, 5.41) is 8.86. The van der Waals surface area contributed by atoms with Gasteiger partial charge in [0.2, 0.25) is 5.91 Å². The molecule has 1 saturated heterocycles. The first kappa shape index (κ1) is 21.4. The number of hydrogen-bond acceptors (Lipinski definition) is 6. The van der Waals surface area contributed by atoms with Gasteiger partial charge in [0.25, 0.3) is 0 Å². The highest BCUT2D eigenvalue weighted by atomic mass is 16.5. The summed E-state index contributed by atoms with van der Waals surface area (Å²) in [7, 11) is 1.67. The number of carbonyl (C=O) groups is 1. The Kier molecular flexibility index (Phi) is 6.41. The molecule has 0 radical (unpaired) electrons. The van der Waals surface area contributed by atoms with Crippen molar-refractivity contribution in [2.75, 3.05) is 33.3 Å². The Morgan fingerprint density at radius 2 is 1.88 bits per heavy atom. The molecule has 1 aliphatic carbocycles. The summed E-state index contributed by atoms with van der Waals surface area (Å²) in [6.45, 7) is 5.33. The predicted octanol–water partition coefficient (Wildman–Crippen LogP) is 2.78. The van der Waals surface area contributed by atoms with Crippen LogP contribution in [0.4, 0.5) is 0 Å². The van der Waals surface area contributed by atoms with Crippen molar-refractivity contribution in [2.45, 2.75) is 57.9 Å². The van der Waals surface area contributed by atoms with Crippen molar-refractivity contribution in [3.8, 4) is 5.75 Å². The number of aromatic nitrogens is 3. The van der Waals surface area contributed by atoms with E-state index >= 15 is 0 Å². The third-order valence-electron chi connectivity index (χ3n) is 7.20. The van der Waals surface area contributed by atoms with Gasteiger partial charge < -0.3 is 14.4 Å². The van der Waals surface area contributed by atoms with Crippen molar-refractivity contribution >= 4 is 5.91 Å². The van der Waals surface area contributed by atoms with Crippen LogP contribution >= 0.6 is 0 Å². The molecule has 1 saturated carbocycles. The van der Waals surface area contributed by atoms with Gasteiger partial charge in [-0.2, -0.15) is 0 Å². The average Bonchev–Trinajstić information content (AvgIpc) is 3.49. The van der Waals surface area contributed by atoms with Crippen LogP contribution in [-0.2, 0) is 29.2 Å². The van der Waals surface area contributed by atoms with E-state index in [-0.39, 0.29) is 6.10 Å². The van der Waals surface area contributed by atoms with Gasteiger partial charge in [-0.15, -0.1) is 5.10 Å². The Morgan fingerprint density at radius 1 is 1.12 bits per heavy atom. The third-order valence-corrected chi connectivity index (χ3v) is 7.20. The summed E-state index contributed by atoms with van der Waals surface area (Å²) in [4.78, 5) is 17.0. The molecule has 8 nitrogen and oxygen atoms in total. The van der Waals surface area contributed by atoms with Crippen molar-refractivity contribution in [3.63, 3.8) is 0 Å². The number of fused-ring (bicyclic) bond motifs is 1. The van der Waals surface area contributed by atoms with Crippen LogP contribution in [-0.4, -0.2) is 64.0 Å². The molecule has 1 aromatic heterocycles. The summed E-state index contributed by atoms with van der Waals surface area (Å²) in [6, 6.07) is 8.00. The Balaban J connectivity index is 1.13. The summed E-state index contributed by atoms with van der Waals surface area (Å²) < 4.78 is 13.4. The van der Waals surface area contributed by atoms with Crippen LogP contribution in [0.1, 0.15) is 55.2 Å². The van der Waals surface area contributed by atoms with Gasteiger partial charge in [-0.05, 0) is 36.5 Å². The maximum absolute atomic E-state index is 12.6. The highest BCUT2D eigenvalue weighted by molar-refractivity contribution is 5.76. The minimum atomic E-state index is -0.0302. The maximum atomic E-state index is 12.6. The lowest BCUT2D eigenvalue weighted by atomic mass is 10.0. The lowest BCUT2D eigenvalue weighted by Gasteiger charge is -2.35. The van der Waals surface area contributed by atoms with E-state index in [9.17, 15) is 4.79 Å². The normalized spacial score (nSPS) is 22.2. The molecule has 172 valence electrons. The largest absolute Gasteiger partial charge is 0.497 e.